The number of anilines is 1. The first-order valence-corrected chi connectivity index (χ1v) is 7.14. The zero-order valence-corrected chi connectivity index (χ0v) is 12.7. The van der Waals surface area contributed by atoms with Crippen molar-refractivity contribution < 1.29 is 9.53 Å². The molecule has 0 aliphatic carbocycles. The SMILES string of the molecule is CCCOc1cccc(C(=O)Nc2ccc(Br)nc2)c1. The predicted molar refractivity (Wildman–Crippen MR) is 82.1 cm³/mol. The van der Waals surface area contributed by atoms with E-state index in [9.17, 15) is 4.79 Å². The highest BCUT2D eigenvalue weighted by Gasteiger charge is 2.07. The first kappa shape index (κ1) is 14.5. The van der Waals surface area contributed by atoms with Gasteiger partial charge in [-0.3, -0.25) is 4.79 Å². The van der Waals surface area contributed by atoms with Gasteiger partial charge < -0.3 is 10.1 Å². The molecule has 20 heavy (non-hydrogen) atoms. The highest BCUT2D eigenvalue weighted by molar-refractivity contribution is 9.10. The second-order valence-corrected chi connectivity index (χ2v) is 5.01. The van der Waals surface area contributed by atoms with Crippen LogP contribution in [0.2, 0.25) is 0 Å². The Morgan fingerprint density at radius 2 is 2.20 bits per heavy atom. The van der Waals surface area contributed by atoms with E-state index in [1.807, 2.05) is 13.0 Å². The van der Waals surface area contributed by atoms with Crippen molar-refractivity contribution in [3.63, 3.8) is 0 Å². The van der Waals surface area contributed by atoms with Crippen LogP contribution in [0, 0.1) is 0 Å². The quantitative estimate of drug-likeness (QED) is 0.844. The Kier molecular flexibility index (Phi) is 5.12. The molecular formula is C15H15BrN2O2. The molecule has 2 rings (SSSR count). The Morgan fingerprint density at radius 1 is 1.35 bits per heavy atom. The van der Waals surface area contributed by atoms with Crippen LogP contribution in [0.1, 0.15) is 23.7 Å². The number of carbonyl (C=O) groups excluding carboxylic acids is 1. The zero-order valence-electron chi connectivity index (χ0n) is 11.1. The minimum absolute atomic E-state index is 0.184. The van der Waals surface area contributed by atoms with Crippen molar-refractivity contribution in [1.82, 2.24) is 4.98 Å². The number of benzene rings is 1. The molecule has 1 N–H and O–H groups in total. The number of hydrogen-bond acceptors (Lipinski definition) is 3. The van der Waals surface area contributed by atoms with Gasteiger partial charge in [-0.15, -0.1) is 0 Å². The lowest BCUT2D eigenvalue weighted by atomic mass is 10.2. The topological polar surface area (TPSA) is 51.2 Å². The van der Waals surface area contributed by atoms with E-state index in [1.54, 1.807) is 36.5 Å². The maximum absolute atomic E-state index is 12.1. The Balaban J connectivity index is 2.06. The van der Waals surface area contributed by atoms with Gasteiger partial charge in [-0.05, 0) is 52.7 Å². The largest absolute Gasteiger partial charge is 0.494 e. The number of ether oxygens (including phenoxy) is 1. The summed E-state index contributed by atoms with van der Waals surface area (Å²) in [4.78, 5) is 16.2. The number of rotatable bonds is 5. The maximum Gasteiger partial charge on any atom is 0.255 e. The molecule has 0 spiro atoms. The summed E-state index contributed by atoms with van der Waals surface area (Å²) >= 11 is 3.25. The average Bonchev–Trinajstić information content (AvgIpc) is 2.48. The Morgan fingerprint density at radius 3 is 2.90 bits per heavy atom. The van der Waals surface area contributed by atoms with Crippen molar-refractivity contribution in [3.8, 4) is 5.75 Å². The molecule has 0 saturated heterocycles. The summed E-state index contributed by atoms with van der Waals surface area (Å²) in [5.41, 5.74) is 1.21. The van der Waals surface area contributed by atoms with Crippen LogP contribution in [0.5, 0.6) is 5.75 Å². The van der Waals surface area contributed by atoms with Crippen LogP contribution in [0.25, 0.3) is 0 Å². The Labute approximate surface area is 126 Å². The van der Waals surface area contributed by atoms with Crippen LogP contribution >= 0.6 is 15.9 Å². The number of nitrogens with one attached hydrogen (secondary N) is 1. The molecular weight excluding hydrogens is 320 g/mol. The summed E-state index contributed by atoms with van der Waals surface area (Å²) in [5.74, 6) is 0.518. The highest BCUT2D eigenvalue weighted by atomic mass is 79.9. The number of hydrogen-bond donors (Lipinski definition) is 1. The van der Waals surface area contributed by atoms with Crippen molar-refractivity contribution >= 4 is 27.5 Å². The van der Waals surface area contributed by atoms with Crippen molar-refractivity contribution in [2.45, 2.75) is 13.3 Å². The molecule has 0 radical (unpaired) electrons. The molecule has 0 atom stereocenters. The second-order valence-electron chi connectivity index (χ2n) is 4.20. The number of amides is 1. The normalized spacial score (nSPS) is 10.1. The van der Waals surface area contributed by atoms with E-state index in [1.165, 1.54) is 0 Å². The molecule has 0 fully saturated rings. The van der Waals surface area contributed by atoms with Crippen LogP contribution in [0.15, 0.2) is 47.2 Å². The van der Waals surface area contributed by atoms with Crippen molar-refractivity contribution in [3.05, 3.63) is 52.8 Å². The van der Waals surface area contributed by atoms with Gasteiger partial charge in [0.15, 0.2) is 0 Å². The second kappa shape index (κ2) is 7.05. The zero-order chi connectivity index (χ0) is 14.4. The Bertz CT molecular complexity index is 585. The summed E-state index contributed by atoms with van der Waals surface area (Å²) in [6.45, 7) is 2.68. The van der Waals surface area contributed by atoms with Crippen molar-refractivity contribution in [1.29, 1.82) is 0 Å². The summed E-state index contributed by atoms with van der Waals surface area (Å²) < 4.78 is 6.24. The third-order valence-corrected chi connectivity index (χ3v) is 3.02. The maximum atomic E-state index is 12.1. The van der Waals surface area contributed by atoms with E-state index >= 15 is 0 Å². The summed E-state index contributed by atoms with van der Waals surface area (Å²) in [6, 6.07) is 10.7. The van der Waals surface area contributed by atoms with Gasteiger partial charge >= 0.3 is 0 Å². The fourth-order valence-electron chi connectivity index (χ4n) is 1.60. The summed E-state index contributed by atoms with van der Waals surface area (Å²) in [6.07, 6.45) is 2.53. The van der Waals surface area contributed by atoms with E-state index in [0.717, 1.165) is 11.0 Å². The monoisotopic (exact) mass is 334 g/mol. The molecule has 4 nitrogen and oxygen atoms in total. The van der Waals surface area contributed by atoms with Gasteiger partial charge in [0, 0.05) is 5.56 Å². The van der Waals surface area contributed by atoms with E-state index < -0.39 is 0 Å². The minimum Gasteiger partial charge on any atom is -0.494 e. The van der Waals surface area contributed by atoms with E-state index in [2.05, 4.69) is 26.2 Å². The van der Waals surface area contributed by atoms with Gasteiger partial charge in [0.1, 0.15) is 10.4 Å². The smallest absolute Gasteiger partial charge is 0.255 e. The van der Waals surface area contributed by atoms with Gasteiger partial charge in [-0.25, -0.2) is 4.98 Å². The molecule has 1 amide bonds. The highest BCUT2D eigenvalue weighted by Crippen LogP contribution is 2.16. The van der Waals surface area contributed by atoms with Crippen LogP contribution in [0.4, 0.5) is 5.69 Å². The molecule has 0 aliphatic rings. The number of pyridine rings is 1. The standard InChI is InChI=1S/C15H15BrN2O2/c1-2-8-20-13-5-3-4-11(9-13)15(19)18-12-6-7-14(16)17-10-12/h3-7,9-10H,2,8H2,1H3,(H,18,19). The van der Waals surface area contributed by atoms with E-state index in [0.29, 0.717) is 23.6 Å². The van der Waals surface area contributed by atoms with Crippen molar-refractivity contribution in [2.24, 2.45) is 0 Å². The van der Waals surface area contributed by atoms with Gasteiger partial charge in [-0.2, -0.15) is 0 Å². The molecule has 0 aliphatic heterocycles. The fraction of sp³-hybridized carbons (Fsp3) is 0.200. The number of nitrogens with zero attached hydrogens (tertiary/aromatic N) is 1. The van der Waals surface area contributed by atoms with Gasteiger partial charge in [0.05, 0.1) is 18.5 Å². The number of aromatic nitrogens is 1. The van der Waals surface area contributed by atoms with Gasteiger partial charge in [0.2, 0.25) is 0 Å². The Hall–Kier alpha value is -1.88. The lowest BCUT2D eigenvalue weighted by Gasteiger charge is -2.08. The predicted octanol–water partition coefficient (Wildman–Crippen LogP) is 3.89. The average molecular weight is 335 g/mol. The molecule has 2 aromatic rings. The molecule has 5 heteroatoms. The lowest BCUT2D eigenvalue weighted by molar-refractivity contribution is 0.102. The van der Waals surface area contributed by atoms with E-state index in [4.69, 9.17) is 4.74 Å². The fourth-order valence-corrected chi connectivity index (χ4v) is 1.83. The number of carbonyl (C=O) groups is 1. The van der Waals surface area contributed by atoms with Gasteiger partial charge in [0.25, 0.3) is 5.91 Å². The van der Waals surface area contributed by atoms with Gasteiger partial charge in [-0.1, -0.05) is 13.0 Å². The van der Waals surface area contributed by atoms with E-state index in [-0.39, 0.29) is 5.91 Å². The minimum atomic E-state index is -0.184. The molecule has 1 heterocycles. The third-order valence-electron chi connectivity index (χ3n) is 2.55. The molecule has 0 bridgehead atoms. The summed E-state index contributed by atoms with van der Waals surface area (Å²) in [5, 5.41) is 2.79. The third kappa shape index (κ3) is 4.06. The summed E-state index contributed by atoms with van der Waals surface area (Å²) in [7, 11) is 0. The number of halogens is 1. The molecule has 0 unspecified atom stereocenters. The molecule has 0 saturated carbocycles. The first-order valence-electron chi connectivity index (χ1n) is 6.35. The molecule has 1 aromatic heterocycles. The van der Waals surface area contributed by atoms with Crippen molar-refractivity contribution in [2.75, 3.05) is 11.9 Å². The van der Waals surface area contributed by atoms with Crippen LogP contribution in [-0.4, -0.2) is 17.5 Å². The first-order chi connectivity index (χ1) is 9.69. The molecule has 1 aromatic carbocycles. The van der Waals surface area contributed by atoms with Crippen LogP contribution < -0.4 is 10.1 Å². The molecule has 104 valence electrons. The van der Waals surface area contributed by atoms with Crippen LogP contribution in [0.3, 0.4) is 0 Å². The lowest BCUT2D eigenvalue weighted by Crippen LogP contribution is -2.12. The van der Waals surface area contributed by atoms with Crippen LogP contribution in [-0.2, 0) is 0 Å².